The maximum atomic E-state index is 14.5. The normalized spacial score (nSPS) is 51.9. The van der Waals surface area contributed by atoms with Gasteiger partial charge >= 0.3 is 5.97 Å². The van der Waals surface area contributed by atoms with E-state index in [1.807, 2.05) is 0 Å². The summed E-state index contributed by atoms with van der Waals surface area (Å²) >= 11 is 0. The number of aliphatic hydroxyl groups is 14. The number of hydrogen-bond donors (Lipinski definition) is 14. The molecule has 65 heavy (non-hydrogen) atoms. The molecule has 4 heterocycles. The molecule has 374 valence electrons. The molecule has 4 saturated heterocycles. The lowest BCUT2D eigenvalue weighted by molar-refractivity contribution is -0.370. The minimum absolute atomic E-state index is 0.0153. The molecule has 0 aromatic carbocycles. The zero-order valence-corrected chi connectivity index (χ0v) is 36.1. The minimum atomic E-state index is -1.89. The van der Waals surface area contributed by atoms with Gasteiger partial charge in [-0.2, -0.15) is 0 Å². The average molecular weight is 941 g/mol. The van der Waals surface area contributed by atoms with Gasteiger partial charge < -0.3 is 109 Å². The van der Waals surface area contributed by atoms with Gasteiger partial charge in [0, 0.05) is 0 Å². The van der Waals surface area contributed by atoms with Crippen LogP contribution in [0.25, 0.3) is 0 Å². The molecular formula is C42H68O23. The largest absolute Gasteiger partial charge is 0.432 e. The zero-order valence-electron chi connectivity index (χ0n) is 36.1. The van der Waals surface area contributed by atoms with Gasteiger partial charge in [-0.3, -0.25) is 4.79 Å². The van der Waals surface area contributed by atoms with Gasteiger partial charge in [0.25, 0.3) is 0 Å². The molecule has 0 amide bonds. The Hall–Kier alpha value is -1.63. The second-order valence-corrected chi connectivity index (χ2v) is 19.1. The van der Waals surface area contributed by atoms with E-state index >= 15 is 0 Å². The summed E-state index contributed by atoms with van der Waals surface area (Å²) in [6, 6.07) is 0. The number of rotatable bonds is 12. The van der Waals surface area contributed by atoms with Crippen LogP contribution in [-0.2, 0) is 42.7 Å². The lowest BCUT2D eigenvalue weighted by atomic mass is 9.52. The van der Waals surface area contributed by atoms with Crippen LogP contribution in [0.5, 0.6) is 0 Å². The SMILES string of the molecule is C=C1CC2CCC3C(CCC[C@@]3(C)C(=O)OC3OC(CO)C(O)C(O)C3OC3OC(CO)C(O)C(O)C3O)[C@@H]2CCC1OC1OC(CO)C(O)C(O)C1OC1OC(CO)C(O)C(O)C1O. The fourth-order valence-electron chi connectivity index (χ4n) is 11.4. The molecule has 26 atom stereocenters. The molecule has 7 rings (SSSR count). The maximum Gasteiger partial charge on any atom is 0.314 e. The second-order valence-electron chi connectivity index (χ2n) is 19.1. The highest BCUT2D eigenvalue weighted by Gasteiger charge is 2.58. The first-order valence-corrected chi connectivity index (χ1v) is 22.6. The van der Waals surface area contributed by atoms with E-state index in [1.54, 1.807) is 6.92 Å². The van der Waals surface area contributed by atoms with Crippen LogP contribution in [0.4, 0.5) is 0 Å². The summed E-state index contributed by atoms with van der Waals surface area (Å²) in [5, 5.41) is 146. The van der Waals surface area contributed by atoms with E-state index < -0.39 is 167 Å². The van der Waals surface area contributed by atoms with Gasteiger partial charge in [-0.05, 0) is 81.1 Å². The van der Waals surface area contributed by atoms with Crippen LogP contribution in [0.3, 0.4) is 0 Å². The van der Waals surface area contributed by atoms with E-state index in [0.29, 0.717) is 50.5 Å². The van der Waals surface area contributed by atoms with E-state index in [1.165, 1.54) is 0 Å². The predicted molar refractivity (Wildman–Crippen MR) is 212 cm³/mol. The van der Waals surface area contributed by atoms with Gasteiger partial charge in [-0.1, -0.05) is 13.0 Å². The molecule has 3 aliphatic carbocycles. The minimum Gasteiger partial charge on any atom is -0.432 e. The first-order chi connectivity index (χ1) is 30.9. The van der Waals surface area contributed by atoms with Crippen LogP contribution in [-0.4, -0.2) is 233 Å². The fraction of sp³-hybridized carbons (Fsp3) is 0.929. The lowest BCUT2D eigenvalue weighted by Gasteiger charge is -2.53. The summed E-state index contributed by atoms with van der Waals surface area (Å²) in [5.41, 5.74) is -0.398. The quantitative estimate of drug-likeness (QED) is 0.0641. The van der Waals surface area contributed by atoms with Gasteiger partial charge in [-0.15, -0.1) is 0 Å². The molecule has 14 N–H and O–H groups in total. The van der Waals surface area contributed by atoms with Crippen molar-refractivity contribution in [2.75, 3.05) is 26.4 Å². The summed E-state index contributed by atoms with van der Waals surface area (Å²) in [4.78, 5) is 14.5. The Balaban J connectivity index is 1.05. The van der Waals surface area contributed by atoms with Gasteiger partial charge in [0.05, 0.1) is 37.9 Å². The van der Waals surface area contributed by atoms with Crippen molar-refractivity contribution in [3.05, 3.63) is 12.2 Å². The van der Waals surface area contributed by atoms with E-state index in [-0.39, 0.29) is 23.7 Å². The number of carbonyl (C=O) groups is 1. The molecule has 0 aromatic rings. The van der Waals surface area contributed by atoms with Gasteiger partial charge in [0.1, 0.15) is 91.6 Å². The molecule has 24 unspecified atom stereocenters. The Morgan fingerprint density at radius 2 is 1.02 bits per heavy atom. The van der Waals surface area contributed by atoms with Gasteiger partial charge in [-0.25, -0.2) is 0 Å². The van der Waals surface area contributed by atoms with Crippen LogP contribution in [0, 0.1) is 29.1 Å². The Labute approximate surface area is 374 Å². The second kappa shape index (κ2) is 21.2. The van der Waals surface area contributed by atoms with Crippen molar-refractivity contribution in [1.29, 1.82) is 0 Å². The van der Waals surface area contributed by atoms with Crippen LogP contribution < -0.4 is 0 Å². The summed E-state index contributed by atoms with van der Waals surface area (Å²) < 4.78 is 46.7. The van der Waals surface area contributed by atoms with Crippen molar-refractivity contribution in [3.63, 3.8) is 0 Å². The standard InChI is InChI=1S/C42H68O23/c1-15-10-16-5-7-19-18(17(16)6-8-20(15)58-39-35(31(53)27(49)23(13-45)61-39)63-37-33(55)29(51)25(47)21(11-43)59-37)4-3-9-42(19,2)41(57)65-40-36(32(54)28(50)24(14-46)62-40)64-38-34(56)30(52)26(48)22(12-44)60-38/h16-40,43-56H,1,3-14H2,2H3/t16?,17-,18?,19?,20?,21?,22?,23?,24?,25?,26?,27?,28?,29?,30?,31?,32?,33?,34?,35?,36?,37?,38?,39?,40?,42-/m1/s1. The third-order valence-corrected chi connectivity index (χ3v) is 15.2. The third kappa shape index (κ3) is 9.92. The van der Waals surface area contributed by atoms with Crippen molar-refractivity contribution in [2.24, 2.45) is 29.1 Å². The molecular weight excluding hydrogens is 872 g/mol. The predicted octanol–water partition coefficient (Wildman–Crippen LogP) is -5.65. The highest BCUT2D eigenvalue weighted by molar-refractivity contribution is 5.77. The molecule has 23 nitrogen and oxygen atoms in total. The van der Waals surface area contributed by atoms with Crippen molar-refractivity contribution >= 4 is 5.97 Å². The average Bonchev–Trinajstić information content (AvgIpc) is 3.45. The van der Waals surface area contributed by atoms with Gasteiger partial charge in [0.15, 0.2) is 25.0 Å². The van der Waals surface area contributed by atoms with Crippen LogP contribution in [0.1, 0.15) is 58.3 Å². The van der Waals surface area contributed by atoms with E-state index in [2.05, 4.69) is 6.58 Å². The summed E-state index contributed by atoms with van der Waals surface area (Å²) in [5.74, 6) is -0.685. The third-order valence-electron chi connectivity index (χ3n) is 15.2. The number of carbonyl (C=O) groups excluding carboxylic acids is 1. The number of ether oxygens (including phenoxy) is 8. The summed E-state index contributed by atoms with van der Waals surface area (Å²) in [7, 11) is 0. The molecule has 0 spiro atoms. The fourth-order valence-corrected chi connectivity index (χ4v) is 11.4. The molecule has 23 heteroatoms. The monoisotopic (exact) mass is 940 g/mol. The first kappa shape index (κ1) is 51.2. The molecule has 0 radical (unpaired) electrons. The Kier molecular flexibility index (Phi) is 16.7. The van der Waals surface area contributed by atoms with Crippen molar-refractivity contribution in [1.82, 2.24) is 0 Å². The maximum absolute atomic E-state index is 14.5. The van der Waals surface area contributed by atoms with Gasteiger partial charge in [0.2, 0.25) is 6.29 Å². The number of hydrogen-bond acceptors (Lipinski definition) is 23. The molecule has 0 bridgehead atoms. The number of esters is 1. The van der Waals surface area contributed by atoms with Crippen molar-refractivity contribution in [2.45, 2.75) is 187 Å². The molecule has 3 saturated carbocycles. The van der Waals surface area contributed by atoms with Crippen molar-refractivity contribution < 1.29 is 114 Å². The zero-order chi connectivity index (χ0) is 47.2. The van der Waals surface area contributed by atoms with Crippen LogP contribution in [0.2, 0.25) is 0 Å². The summed E-state index contributed by atoms with van der Waals surface area (Å²) in [6.07, 6.45) is -29.2. The van der Waals surface area contributed by atoms with E-state index in [4.69, 9.17) is 37.9 Å². The van der Waals surface area contributed by atoms with Crippen LogP contribution >= 0.6 is 0 Å². The van der Waals surface area contributed by atoms with E-state index in [9.17, 15) is 76.3 Å². The Morgan fingerprint density at radius 3 is 1.52 bits per heavy atom. The summed E-state index contributed by atoms with van der Waals surface area (Å²) in [6.45, 7) is 3.15. The highest BCUT2D eigenvalue weighted by Crippen LogP contribution is 2.58. The Bertz CT molecular complexity index is 1590. The van der Waals surface area contributed by atoms with E-state index in [0.717, 1.165) is 6.42 Å². The van der Waals surface area contributed by atoms with Crippen LogP contribution in [0.15, 0.2) is 12.2 Å². The van der Waals surface area contributed by atoms with Crippen molar-refractivity contribution in [3.8, 4) is 0 Å². The number of aliphatic hydroxyl groups excluding tert-OH is 14. The first-order valence-electron chi connectivity index (χ1n) is 22.6. The molecule has 0 aromatic heterocycles. The molecule has 7 fully saturated rings. The lowest BCUT2D eigenvalue weighted by Crippen LogP contribution is -2.65. The number of fused-ring (bicyclic) bond motifs is 3. The molecule has 7 aliphatic rings. The highest BCUT2D eigenvalue weighted by atomic mass is 16.8. The topological polar surface area (TPSA) is 374 Å². The Morgan fingerprint density at radius 1 is 0.554 bits per heavy atom. The smallest absolute Gasteiger partial charge is 0.314 e. The molecule has 4 aliphatic heterocycles.